The van der Waals surface area contributed by atoms with E-state index in [1.54, 1.807) is 30.3 Å². The number of halogens is 2. The van der Waals surface area contributed by atoms with Gasteiger partial charge in [0, 0.05) is 5.56 Å². The molecule has 29 heavy (non-hydrogen) atoms. The second kappa shape index (κ2) is 10.2. The van der Waals surface area contributed by atoms with Crippen molar-refractivity contribution in [3.05, 3.63) is 60.2 Å². The van der Waals surface area contributed by atoms with E-state index in [0.29, 0.717) is 5.56 Å². The lowest BCUT2D eigenvalue weighted by Gasteiger charge is -2.18. The molecule has 0 saturated heterocycles. The number of hydrogen-bond donors (Lipinski definition) is 2. The summed E-state index contributed by atoms with van der Waals surface area (Å²) in [4.78, 5) is 36.5. The topological polar surface area (TPSA) is 93.7 Å². The zero-order valence-electron chi connectivity index (χ0n) is 15.7. The average Bonchev–Trinajstić information content (AvgIpc) is 2.69. The molecule has 0 heterocycles. The maximum atomic E-state index is 12.4. The first-order valence-electron chi connectivity index (χ1n) is 8.69. The third-order valence-electron chi connectivity index (χ3n) is 3.76. The molecule has 2 N–H and O–H groups in total. The molecule has 0 aliphatic carbocycles. The molecule has 7 nitrogen and oxygen atoms in total. The van der Waals surface area contributed by atoms with Crippen molar-refractivity contribution >= 4 is 23.5 Å². The molecule has 0 spiro atoms. The molecule has 2 atom stereocenters. The first-order chi connectivity index (χ1) is 13.8. The predicted octanol–water partition coefficient (Wildman–Crippen LogP) is 2.98. The van der Waals surface area contributed by atoms with Gasteiger partial charge in [0.1, 0.15) is 11.8 Å². The highest BCUT2D eigenvalue weighted by molar-refractivity contribution is 5.98. The van der Waals surface area contributed by atoms with Gasteiger partial charge in [0.05, 0.1) is 5.69 Å². The summed E-state index contributed by atoms with van der Waals surface area (Å²) in [5, 5.41) is 4.84. The number of ether oxygens (including phenoxy) is 2. The number of alkyl halides is 2. The van der Waals surface area contributed by atoms with E-state index in [1.807, 2.05) is 0 Å². The minimum absolute atomic E-state index is 0.00567. The monoisotopic (exact) mass is 406 g/mol. The quantitative estimate of drug-likeness (QED) is 0.658. The van der Waals surface area contributed by atoms with E-state index in [0.717, 1.165) is 0 Å². The summed E-state index contributed by atoms with van der Waals surface area (Å²) >= 11 is 0. The van der Waals surface area contributed by atoms with Crippen molar-refractivity contribution in [3.8, 4) is 5.75 Å². The van der Waals surface area contributed by atoms with E-state index >= 15 is 0 Å². The van der Waals surface area contributed by atoms with Gasteiger partial charge >= 0.3 is 12.6 Å². The molecule has 9 heteroatoms. The third kappa shape index (κ3) is 6.56. The molecular formula is C20H20F2N2O5. The lowest BCUT2D eigenvalue weighted by atomic mass is 10.2. The summed E-state index contributed by atoms with van der Waals surface area (Å²) in [6.07, 6.45) is -1.24. The SMILES string of the molecule is C[C@H](NC(=O)c1ccccc1)C(=O)O[C@@H](C)C(=O)Nc1ccccc1OC(F)F. The van der Waals surface area contributed by atoms with Crippen LogP contribution in [0.15, 0.2) is 54.6 Å². The van der Waals surface area contributed by atoms with Crippen LogP contribution in [0.2, 0.25) is 0 Å². The number of para-hydroxylation sites is 2. The predicted molar refractivity (Wildman–Crippen MR) is 101 cm³/mol. The van der Waals surface area contributed by atoms with Crippen LogP contribution in [-0.4, -0.2) is 36.5 Å². The fraction of sp³-hybridized carbons (Fsp3) is 0.250. The van der Waals surface area contributed by atoms with Crippen molar-refractivity contribution in [2.45, 2.75) is 32.6 Å². The summed E-state index contributed by atoms with van der Waals surface area (Å²) in [5.41, 5.74) is 0.375. The standard InChI is InChI=1S/C20H20F2N2O5/c1-12(23-18(26)14-8-4-3-5-9-14)19(27)28-13(2)17(25)24-15-10-6-7-11-16(15)29-20(21)22/h3-13,20H,1-2H3,(H,23,26)(H,24,25)/t12-,13-/m0/s1. The number of esters is 1. The summed E-state index contributed by atoms with van der Waals surface area (Å²) < 4.78 is 34.3. The van der Waals surface area contributed by atoms with Crippen LogP contribution >= 0.6 is 0 Å². The van der Waals surface area contributed by atoms with Crippen LogP contribution in [0, 0.1) is 0 Å². The Morgan fingerprint density at radius 1 is 0.931 bits per heavy atom. The van der Waals surface area contributed by atoms with Gasteiger partial charge in [-0.05, 0) is 38.1 Å². The van der Waals surface area contributed by atoms with Crippen molar-refractivity contribution in [2.75, 3.05) is 5.32 Å². The number of rotatable bonds is 8. The number of nitrogens with one attached hydrogen (secondary N) is 2. The van der Waals surface area contributed by atoms with Crippen molar-refractivity contribution in [1.82, 2.24) is 5.32 Å². The number of carbonyl (C=O) groups excluding carboxylic acids is 3. The molecule has 2 aromatic rings. The second-order valence-corrected chi connectivity index (χ2v) is 6.00. The first-order valence-corrected chi connectivity index (χ1v) is 8.69. The van der Waals surface area contributed by atoms with Crippen LogP contribution in [-0.2, 0) is 14.3 Å². The van der Waals surface area contributed by atoms with Gasteiger partial charge in [-0.25, -0.2) is 4.79 Å². The molecule has 0 aliphatic heterocycles. The highest BCUT2D eigenvalue weighted by Gasteiger charge is 2.24. The summed E-state index contributed by atoms with van der Waals surface area (Å²) in [6.45, 7) is -0.327. The van der Waals surface area contributed by atoms with Gasteiger partial charge in [-0.15, -0.1) is 0 Å². The van der Waals surface area contributed by atoms with E-state index in [9.17, 15) is 23.2 Å². The average molecular weight is 406 g/mol. The Bertz CT molecular complexity index is 861. The molecule has 0 saturated carbocycles. The molecule has 2 rings (SSSR count). The Hall–Kier alpha value is -3.49. The number of amides is 2. The smallest absolute Gasteiger partial charge is 0.387 e. The molecule has 0 aliphatic rings. The van der Waals surface area contributed by atoms with E-state index in [2.05, 4.69) is 15.4 Å². The maximum absolute atomic E-state index is 12.4. The zero-order valence-corrected chi connectivity index (χ0v) is 15.7. The Balaban J connectivity index is 1.92. The number of carbonyl (C=O) groups is 3. The number of anilines is 1. The molecule has 154 valence electrons. The van der Waals surface area contributed by atoms with E-state index in [4.69, 9.17) is 4.74 Å². The Morgan fingerprint density at radius 2 is 1.55 bits per heavy atom. The minimum Gasteiger partial charge on any atom is -0.451 e. The van der Waals surface area contributed by atoms with Gasteiger partial charge in [-0.3, -0.25) is 9.59 Å². The van der Waals surface area contributed by atoms with Crippen molar-refractivity contribution in [3.63, 3.8) is 0 Å². The largest absolute Gasteiger partial charge is 0.451 e. The first kappa shape index (κ1) is 21.8. The lowest BCUT2D eigenvalue weighted by molar-refractivity contribution is -0.154. The third-order valence-corrected chi connectivity index (χ3v) is 3.76. The Labute approximate surface area is 166 Å². The Kier molecular flexibility index (Phi) is 7.64. The van der Waals surface area contributed by atoms with Crippen LogP contribution < -0.4 is 15.4 Å². The van der Waals surface area contributed by atoms with Crippen molar-refractivity contribution in [2.24, 2.45) is 0 Å². The molecule has 0 aromatic heterocycles. The van der Waals surface area contributed by atoms with Gasteiger partial charge < -0.3 is 20.1 Å². The molecular weight excluding hydrogens is 386 g/mol. The normalized spacial score (nSPS) is 12.6. The van der Waals surface area contributed by atoms with E-state index in [1.165, 1.54) is 38.1 Å². The molecule has 0 unspecified atom stereocenters. The van der Waals surface area contributed by atoms with Gasteiger partial charge in [0.25, 0.3) is 11.8 Å². The number of hydrogen-bond acceptors (Lipinski definition) is 5. The molecule has 0 fully saturated rings. The van der Waals surface area contributed by atoms with Crippen molar-refractivity contribution < 1.29 is 32.6 Å². The van der Waals surface area contributed by atoms with Crippen LogP contribution in [0.1, 0.15) is 24.2 Å². The zero-order chi connectivity index (χ0) is 21.4. The van der Waals surface area contributed by atoms with Gasteiger partial charge in [0.2, 0.25) is 0 Å². The molecule has 2 amide bonds. The summed E-state index contributed by atoms with van der Waals surface area (Å²) in [6, 6.07) is 12.9. The summed E-state index contributed by atoms with van der Waals surface area (Å²) in [5.74, 6) is -2.26. The molecule has 2 aromatic carbocycles. The fourth-order valence-electron chi connectivity index (χ4n) is 2.26. The van der Waals surface area contributed by atoms with Crippen LogP contribution in [0.5, 0.6) is 5.75 Å². The summed E-state index contributed by atoms with van der Waals surface area (Å²) in [7, 11) is 0. The lowest BCUT2D eigenvalue weighted by Crippen LogP contribution is -2.42. The maximum Gasteiger partial charge on any atom is 0.387 e. The van der Waals surface area contributed by atoms with E-state index < -0.39 is 36.5 Å². The highest BCUT2D eigenvalue weighted by Crippen LogP contribution is 2.25. The van der Waals surface area contributed by atoms with Crippen LogP contribution in [0.25, 0.3) is 0 Å². The fourth-order valence-corrected chi connectivity index (χ4v) is 2.26. The van der Waals surface area contributed by atoms with Crippen molar-refractivity contribution in [1.29, 1.82) is 0 Å². The van der Waals surface area contributed by atoms with E-state index in [-0.39, 0.29) is 11.4 Å². The Morgan fingerprint density at radius 3 is 2.21 bits per heavy atom. The highest BCUT2D eigenvalue weighted by atomic mass is 19.3. The van der Waals surface area contributed by atoms with Crippen LogP contribution in [0.4, 0.5) is 14.5 Å². The van der Waals surface area contributed by atoms with Gasteiger partial charge in [-0.2, -0.15) is 8.78 Å². The molecule has 0 bridgehead atoms. The number of benzene rings is 2. The van der Waals surface area contributed by atoms with Gasteiger partial charge in [-0.1, -0.05) is 30.3 Å². The second-order valence-electron chi connectivity index (χ2n) is 6.00. The van der Waals surface area contributed by atoms with Gasteiger partial charge in [0.15, 0.2) is 6.10 Å². The van der Waals surface area contributed by atoms with Crippen LogP contribution in [0.3, 0.4) is 0 Å². The molecule has 0 radical (unpaired) electrons. The minimum atomic E-state index is -3.06.